The van der Waals surface area contributed by atoms with E-state index in [9.17, 15) is 0 Å². The fraction of sp³-hybridized carbons (Fsp3) is 0.158. The summed E-state index contributed by atoms with van der Waals surface area (Å²) in [6, 6.07) is 17.3. The zero-order valence-electron chi connectivity index (χ0n) is 12.7. The first-order valence-corrected chi connectivity index (χ1v) is 7.56. The Hall–Kier alpha value is -2.22. The van der Waals surface area contributed by atoms with Crippen LogP contribution in [-0.4, -0.2) is 12.3 Å². The van der Waals surface area contributed by atoms with Crippen molar-refractivity contribution in [3.8, 4) is 0 Å². The number of nitrogens with one attached hydrogen (secondary N) is 1. The molecule has 21 heavy (non-hydrogen) atoms. The molecule has 0 fully saturated rings. The van der Waals surface area contributed by atoms with E-state index >= 15 is 0 Å². The van der Waals surface area contributed by atoms with Crippen LogP contribution in [0.25, 0.3) is 22.5 Å². The monoisotopic (exact) mass is 273 g/mol. The topological polar surface area (TPSA) is 15.8 Å². The molecule has 1 nitrogen and oxygen atoms in total. The highest BCUT2D eigenvalue weighted by Crippen LogP contribution is 2.17. The number of hydrogen-bond acceptors (Lipinski definition) is 0. The number of hydrogen-bond donors (Lipinski definition) is 1. The first kappa shape index (κ1) is 13.8. The fourth-order valence-electron chi connectivity index (χ4n) is 2.96. The van der Waals surface area contributed by atoms with Crippen molar-refractivity contribution in [2.24, 2.45) is 0 Å². The van der Waals surface area contributed by atoms with Gasteiger partial charge in [-0.15, -0.1) is 5.47 Å². The molecule has 2 heteroatoms. The average Bonchev–Trinajstić information content (AvgIpc) is 3.01. The van der Waals surface area contributed by atoms with Crippen molar-refractivity contribution in [3.05, 3.63) is 70.7 Å². The molecular formula is C19H20BN. The summed E-state index contributed by atoms with van der Waals surface area (Å²) in [7, 11) is 1.09. The van der Waals surface area contributed by atoms with Crippen molar-refractivity contribution < 1.29 is 0 Å². The van der Waals surface area contributed by atoms with Gasteiger partial charge in [0, 0.05) is 17.1 Å². The van der Waals surface area contributed by atoms with Crippen molar-refractivity contribution in [3.63, 3.8) is 0 Å². The molecule has 1 aromatic heterocycles. The summed E-state index contributed by atoms with van der Waals surface area (Å²) in [5.74, 6) is 0. The van der Waals surface area contributed by atoms with Crippen LogP contribution in [0.2, 0.25) is 0 Å². The minimum atomic E-state index is 1.08. The molecule has 1 N–H and O–H groups in total. The Balaban J connectivity index is 1.93. The van der Waals surface area contributed by atoms with Crippen molar-refractivity contribution in [2.75, 3.05) is 0 Å². The second-order valence-electron chi connectivity index (χ2n) is 5.51. The van der Waals surface area contributed by atoms with Gasteiger partial charge in [-0.2, -0.15) is 0 Å². The van der Waals surface area contributed by atoms with Crippen molar-refractivity contribution >= 4 is 29.7 Å². The van der Waals surface area contributed by atoms with Gasteiger partial charge in [0.1, 0.15) is 0 Å². The van der Waals surface area contributed by atoms with Gasteiger partial charge < -0.3 is 4.98 Å². The lowest BCUT2D eigenvalue weighted by Crippen LogP contribution is -2.27. The van der Waals surface area contributed by atoms with E-state index in [-0.39, 0.29) is 0 Å². The predicted molar refractivity (Wildman–Crippen MR) is 94.1 cm³/mol. The normalized spacial score (nSPS) is 13.5. The maximum Gasteiger partial charge on any atom is 0.157 e. The van der Waals surface area contributed by atoms with E-state index < -0.39 is 0 Å². The summed E-state index contributed by atoms with van der Waals surface area (Å²) >= 11 is 0. The van der Waals surface area contributed by atoms with Crippen LogP contribution in [0.15, 0.2) is 54.7 Å². The van der Waals surface area contributed by atoms with Crippen LogP contribution < -0.4 is 10.4 Å². The van der Waals surface area contributed by atoms with E-state index in [2.05, 4.69) is 73.4 Å². The number of aromatic amines is 1. The predicted octanol–water partition coefficient (Wildman–Crippen LogP) is 2.73. The van der Waals surface area contributed by atoms with Gasteiger partial charge in [0.05, 0.1) is 0 Å². The van der Waals surface area contributed by atoms with E-state index in [0.717, 1.165) is 13.6 Å². The van der Waals surface area contributed by atoms with E-state index in [1.807, 2.05) is 6.20 Å². The molecule has 3 rings (SSSR count). The first-order valence-electron chi connectivity index (χ1n) is 7.56. The zero-order chi connectivity index (χ0) is 14.7. The number of fused-ring (bicyclic) bond motifs is 1. The largest absolute Gasteiger partial charge is 0.361 e. The van der Waals surface area contributed by atoms with Crippen LogP contribution in [-0.2, 0) is 6.32 Å². The Morgan fingerprint density at radius 1 is 1.10 bits per heavy atom. The van der Waals surface area contributed by atoms with E-state index in [1.54, 1.807) is 0 Å². The highest BCUT2D eigenvalue weighted by Gasteiger charge is 2.03. The highest BCUT2D eigenvalue weighted by molar-refractivity contribution is 6.57. The number of H-pyrrole nitrogens is 1. The third-order valence-electron chi connectivity index (χ3n) is 4.19. The van der Waals surface area contributed by atoms with E-state index in [1.165, 1.54) is 32.4 Å². The Morgan fingerprint density at radius 2 is 1.95 bits per heavy atom. The van der Waals surface area contributed by atoms with Gasteiger partial charge in [0.25, 0.3) is 0 Å². The lowest BCUT2D eigenvalue weighted by Gasteiger charge is -2.04. The first-order chi connectivity index (χ1) is 10.3. The van der Waals surface area contributed by atoms with Crippen molar-refractivity contribution in [2.45, 2.75) is 20.2 Å². The molecule has 0 saturated carbocycles. The SMILES string of the molecule is C/C=c1/cccc/c1=C(/C)BCc1cccc2[nH]ccc12. The molecule has 0 bridgehead atoms. The quantitative estimate of drug-likeness (QED) is 0.706. The second kappa shape index (κ2) is 6.05. The number of benzene rings is 2. The molecule has 0 aliphatic heterocycles. The van der Waals surface area contributed by atoms with Crippen LogP contribution >= 0.6 is 0 Å². The van der Waals surface area contributed by atoms with Crippen LogP contribution in [0.3, 0.4) is 0 Å². The third-order valence-corrected chi connectivity index (χ3v) is 4.19. The number of rotatable bonds is 3. The Morgan fingerprint density at radius 3 is 2.81 bits per heavy atom. The average molecular weight is 273 g/mol. The van der Waals surface area contributed by atoms with Crippen molar-refractivity contribution in [1.29, 1.82) is 0 Å². The molecule has 0 saturated heterocycles. The molecule has 1 heterocycles. The van der Waals surface area contributed by atoms with Gasteiger partial charge in [0.15, 0.2) is 7.28 Å². The van der Waals surface area contributed by atoms with Gasteiger partial charge in [-0.1, -0.05) is 49.4 Å². The van der Waals surface area contributed by atoms with Gasteiger partial charge in [-0.05, 0) is 41.4 Å². The molecule has 0 atom stereocenters. The zero-order valence-corrected chi connectivity index (χ0v) is 12.7. The Kier molecular flexibility index (Phi) is 3.96. The maximum absolute atomic E-state index is 3.29. The van der Waals surface area contributed by atoms with Crippen LogP contribution in [0, 0.1) is 0 Å². The highest BCUT2D eigenvalue weighted by atomic mass is 14.7. The maximum atomic E-state index is 3.29. The van der Waals surface area contributed by atoms with Crippen LogP contribution in [0.5, 0.6) is 0 Å². The summed E-state index contributed by atoms with van der Waals surface area (Å²) < 4.78 is 0. The summed E-state index contributed by atoms with van der Waals surface area (Å²) in [4.78, 5) is 3.29. The van der Waals surface area contributed by atoms with Gasteiger partial charge in [-0.25, -0.2) is 0 Å². The lowest BCUT2D eigenvalue weighted by molar-refractivity contribution is 1.42. The number of aromatic nitrogens is 1. The van der Waals surface area contributed by atoms with E-state index in [4.69, 9.17) is 0 Å². The summed E-state index contributed by atoms with van der Waals surface area (Å²) in [5.41, 5.74) is 4.11. The van der Waals surface area contributed by atoms with E-state index in [0.29, 0.717) is 0 Å². The third kappa shape index (κ3) is 2.80. The fourth-order valence-corrected chi connectivity index (χ4v) is 2.96. The van der Waals surface area contributed by atoms with Gasteiger partial charge in [0.2, 0.25) is 0 Å². The minimum Gasteiger partial charge on any atom is -0.361 e. The Labute approximate surface area is 126 Å². The summed E-state index contributed by atoms with van der Waals surface area (Å²) in [5, 5.41) is 4.05. The molecule has 0 aliphatic carbocycles. The summed E-state index contributed by atoms with van der Waals surface area (Å²) in [6.45, 7) is 4.35. The van der Waals surface area contributed by atoms with Crippen molar-refractivity contribution in [1.82, 2.24) is 4.98 Å². The molecule has 104 valence electrons. The van der Waals surface area contributed by atoms with Gasteiger partial charge >= 0.3 is 0 Å². The molecule has 2 aromatic carbocycles. The smallest absolute Gasteiger partial charge is 0.157 e. The van der Waals surface area contributed by atoms with Crippen LogP contribution in [0.4, 0.5) is 0 Å². The van der Waals surface area contributed by atoms with Crippen LogP contribution in [0.1, 0.15) is 19.4 Å². The summed E-state index contributed by atoms with van der Waals surface area (Å²) in [6.07, 6.45) is 5.29. The Bertz CT molecular complexity index is 874. The molecule has 0 amide bonds. The standard InChI is InChI=1S/C19H20BN/c1-3-15-7-4-5-9-17(15)14(2)20-13-16-8-6-10-19-18(16)11-12-21-19/h3-12,20-21H,13H2,1-2H3/b15-3-,17-14+. The molecule has 0 aliphatic rings. The lowest BCUT2D eigenvalue weighted by atomic mass is 9.64. The molecule has 3 aromatic rings. The molecule has 0 unspecified atom stereocenters. The molecule has 0 spiro atoms. The molecular weight excluding hydrogens is 253 g/mol. The van der Waals surface area contributed by atoms with Gasteiger partial charge in [-0.3, -0.25) is 0 Å². The second-order valence-corrected chi connectivity index (χ2v) is 5.51. The minimum absolute atomic E-state index is 1.08. The molecule has 0 radical (unpaired) electrons.